The van der Waals surface area contributed by atoms with Gasteiger partial charge in [-0.15, -0.1) is 0 Å². The zero-order valence-corrected chi connectivity index (χ0v) is 10.8. The van der Waals surface area contributed by atoms with E-state index in [4.69, 9.17) is 11.5 Å². The Kier molecular flexibility index (Phi) is 3.14. The number of anilines is 4. The van der Waals surface area contributed by atoms with Crippen molar-refractivity contribution < 1.29 is 0 Å². The molecule has 0 amide bonds. The third kappa shape index (κ3) is 2.85. The minimum atomic E-state index is 0.154. The van der Waals surface area contributed by atoms with E-state index < -0.39 is 0 Å². The Morgan fingerprint density at radius 3 is 2.59 bits per heavy atom. The monoisotopic (exact) mass is 293 g/mol. The van der Waals surface area contributed by atoms with Crippen molar-refractivity contribution in [2.24, 2.45) is 0 Å². The number of benzene rings is 1. The number of aromatic nitrogens is 2. The van der Waals surface area contributed by atoms with Gasteiger partial charge >= 0.3 is 0 Å². The van der Waals surface area contributed by atoms with Gasteiger partial charge < -0.3 is 16.8 Å². The zero-order valence-electron chi connectivity index (χ0n) is 9.24. The largest absolute Gasteiger partial charge is 0.383 e. The molecule has 5 N–H and O–H groups in total. The first-order chi connectivity index (χ1) is 8.04. The first kappa shape index (κ1) is 11.7. The highest BCUT2D eigenvalue weighted by atomic mass is 79.9. The smallest absolute Gasteiger partial charge is 0.223 e. The average molecular weight is 294 g/mol. The van der Waals surface area contributed by atoms with Crippen LogP contribution in [-0.4, -0.2) is 9.97 Å². The zero-order chi connectivity index (χ0) is 12.4. The van der Waals surface area contributed by atoms with Gasteiger partial charge in [0.15, 0.2) is 0 Å². The van der Waals surface area contributed by atoms with Crippen LogP contribution >= 0.6 is 15.9 Å². The molecule has 6 heteroatoms. The highest BCUT2D eigenvalue weighted by Gasteiger charge is 2.02. The van der Waals surface area contributed by atoms with Crippen molar-refractivity contribution in [1.82, 2.24) is 9.97 Å². The second-order valence-electron chi connectivity index (χ2n) is 3.63. The second-order valence-corrected chi connectivity index (χ2v) is 4.48. The van der Waals surface area contributed by atoms with Gasteiger partial charge in [-0.3, -0.25) is 0 Å². The van der Waals surface area contributed by atoms with Crippen LogP contribution in [0, 0.1) is 6.92 Å². The van der Waals surface area contributed by atoms with E-state index in [0.717, 1.165) is 15.7 Å². The SMILES string of the molecule is Cc1cc(Nc2cc(N)nc(N)n2)ccc1Br. The molecule has 0 spiro atoms. The second kappa shape index (κ2) is 4.58. The lowest BCUT2D eigenvalue weighted by Gasteiger charge is -2.08. The average Bonchev–Trinajstić information content (AvgIpc) is 2.22. The fraction of sp³-hybridized carbons (Fsp3) is 0.0909. The molecule has 0 bridgehead atoms. The van der Waals surface area contributed by atoms with E-state index in [2.05, 4.69) is 31.2 Å². The predicted octanol–water partition coefficient (Wildman–Crippen LogP) is 2.46. The molecule has 0 radical (unpaired) electrons. The van der Waals surface area contributed by atoms with Crippen molar-refractivity contribution in [2.45, 2.75) is 6.92 Å². The Morgan fingerprint density at radius 1 is 1.18 bits per heavy atom. The number of nitrogens with zero attached hydrogens (tertiary/aromatic N) is 2. The van der Waals surface area contributed by atoms with Crippen LogP contribution in [-0.2, 0) is 0 Å². The maximum absolute atomic E-state index is 5.59. The van der Waals surface area contributed by atoms with E-state index in [0.29, 0.717) is 11.6 Å². The summed E-state index contributed by atoms with van der Waals surface area (Å²) >= 11 is 3.44. The fourth-order valence-electron chi connectivity index (χ4n) is 1.42. The van der Waals surface area contributed by atoms with Gasteiger partial charge in [0.1, 0.15) is 11.6 Å². The lowest BCUT2D eigenvalue weighted by Crippen LogP contribution is -2.03. The standard InChI is InChI=1S/C11H12BrN5/c1-6-4-7(2-3-8(6)12)15-10-5-9(13)16-11(14)17-10/h2-5H,1H3,(H5,13,14,15,16,17). The van der Waals surface area contributed by atoms with Gasteiger partial charge in [-0.05, 0) is 30.7 Å². The summed E-state index contributed by atoms with van der Waals surface area (Å²) in [5, 5.41) is 3.12. The molecule has 0 fully saturated rings. The predicted molar refractivity (Wildman–Crippen MR) is 73.0 cm³/mol. The Labute approximate surface area is 107 Å². The van der Waals surface area contributed by atoms with Gasteiger partial charge in [-0.2, -0.15) is 9.97 Å². The van der Waals surface area contributed by atoms with Crippen molar-refractivity contribution >= 4 is 39.2 Å². The van der Waals surface area contributed by atoms with E-state index in [1.807, 2.05) is 25.1 Å². The molecular formula is C11H12BrN5. The van der Waals surface area contributed by atoms with Crippen molar-refractivity contribution in [3.63, 3.8) is 0 Å². The van der Waals surface area contributed by atoms with Gasteiger partial charge in [0.25, 0.3) is 0 Å². The van der Waals surface area contributed by atoms with Crippen LogP contribution in [0.4, 0.5) is 23.3 Å². The number of aryl methyl sites for hydroxylation is 1. The van der Waals surface area contributed by atoms with Crippen LogP contribution in [0.15, 0.2) is 28.7 Å². The normalized spacial score (nSPS) is 10.2. The summed E-state index contributed by atoms with van der Waals surface area (Å²) < 4.78 is 1.06. The highest BCUT2D eigenvalue weighted by molar-refractivity contribution is 9.10. The van der Waals surface area contributed by atoms with Crippen molar-refractivity contribution in [2.75, 3.05) is 16.8 Å². The first-order valence-corrected chi connectivity index (χ1v) is 5.77. The van der Waals surface area contributed by atoms with Gasteiger partial charge in [0, 0.05) is 16.2 Å². The Balaban J connectivity index is 2.28. The number of hydrogen-bond donors (Lipinski definition) is 3. The maximum Gasteiger partial charge on any atom is 0.223 e. The topological polar surface area (TPSA) is 89.8 Å². The lowest BCUT2D eigenvalue weighted by molar-refractivity contribution is 1.19. The van der Waals surface area contributed by atoms with E-state index in [9.17, 15) is 0 Å². The third-order valence-electron chi connectivity index (χ3n) is 2.19. The third-order valence-corrected chi connectivity index (χ3v) is 3.08. The highest BCUT2D eigenvalue weighted by Crippen LogP contribution is 2.22. The van der Waals surface area contributed by atoms with Crippen LogP contribution in [0.25, 0.3) is 0 Å². The molecule has 0 aliphatic heterocycles. The molecule has 0 saturated carbocycles. The molecule has 0 aliphatic rings. The van der Waals surface area contributed by atoms with Crippen molar-refractivity contribution in [3.05, 3.63) is 34.3 Å². The molecule has 1 aromatic carbocycles. The minimum Gasteiger partial charge on any atom is -0.383 e. The summed E-state index contributed by atoms with van der Waals surface area (Å²) in [6, 6.07) is 7.53. The molecule has 2 rings (SSSR count). The lowest BCUT2D eigenvalue weighted by atomic mass is 10.2. The van der Waals surface area contributed by atoms with Crippen LogP contribution < -0.4 is 16.8 Å². The van der Waals surface area contributed by atoms with Gasteiger partial charge in [-0.1, -0.05) is 15.9 Å². The molecule has 0 unspecified atom stereocenters. The molecule has 2 aromatic rings. The molecule has 0 saturated heterocycles. The Bertz CT molecular complexity index is 535. The van der Waals surface area contributed by atoms with Crippen molar-refractivity contribution in [3.8, 4) is 0 Å². The summed E-state index contributed by atoms with van der Waals surface area (Å²) in [7, 11) is 0. The van der Waals surface area contributed by atoms with Crippen molar-refractivity contribution in [1.29, 1.82) is 0 Å². The quantitative estimate of drug-likeness (QED) is 0.791. The first-order valence-electron chi connectivity index (χ1n) is 4.98. The number of rotatable bonds is 2. The minimum absolute atomic E-state index is 0.154. The summed E-state index contributed by atoms with van der Waals surface area (Å²) in [5.74, 6) is 1.08. The molecule has 5 nitrogen and oxygen atoms in total. The number of hydrogen-bond acceptors (Lipinski definition) is 5. The molecule has 0 aliphatic carbocycles. The summed E-state index contributed by atoms with van der Waals surface area (Å²) in [5.41, 5.74) is 13.2. The summed E-state index contributed by atoms with van der Waals surface area (Å²) in [6.45, 7) is 2.01. The van der Waals surface area contributed by atoms with E-state index in [1.165, 1.54) is 0 Å². The van der Waals surface area contributed by atoms with Crippen LogP contribution in [0.2, 0.25) is 0 Å². The maximum atomic E-state index is 5.59. The Hall–Kier alpha value is -1.82. The van der Waals surface area contributed by atoms with Gasteiger partial charge in [0.2, 0.25) is 5.95 Å². The summed E-state index contributed by atoms with van der Waals surface area (Å²) in [4.78, 5) is 7.85. The fourth-order valence-corrected chi connectivity index (χ4v) is 1.67. The van der Waals surface area contributed by atoms with Crippen LogP contribution in [0.3, 0.4) is 0 Å². The summed E-state index contributed by atoms with van der Waals surface area (Å²) in [6.07, 6.45) is 0. The van der Waals surface area contributed by atoms with Gasteiger partial charge in [0.05, 0.1) is 0 Å². The van der Waals surface area contributed by atoms with Crippen LogP contribution in [0.5, 0.6) is 0 Å². The molecule has 1 heterocycles. The van der Waals surface area contributed by atoms with Gasteiger partial charge in [-0.25, -0.2) is 0 Å². The van der Waals surface area contributed by atoms with Crippen LogP contribution in [0.1, 0.15) is 5.56 Å². The molecule has 88 valence electrons. The molecular weight excluding hydrogens is 282 g/mol. The molecule has 17 heavy (non-hydrogen) atoms. The van der Waals surface area contributed by atoms with E-state index in [-0.39, 0.29) is 5.95 Å². The molecule has 1 aromatic heterocycles. The number of nitrogens with two attached hydrogens (primary N) is 2. The number of nitrogen functional groups attached to an aromatic ring is 2. The van der Waals surface area contributed by atoms with E-state index in [1.54, 1.807) is 6.07 Å². The number of halogens is 1. The number of nitrogens with one attached hydrogen (secondary N) is 1. The molecule has 0 atom stereocenters. The Morgan fingerprint density at radius 2 is 1.94 bits per heavy atom. The van der Waals surface area contributed by atoms with E-state index >= 15 is 0 Å².